The molecule has 38 heavy (non-hydrogen) atoms. The van der Waals surface area contributed by atoms with E-state index in [1.54, 1.807) is 19.1 Å². The topological polar surface area (TPSA) is 122 Å². The molecule has 208 valence electrons. The van der Waals surface area contributed by atoms with Crippen LogP contribution in [0.5, 0.6) is 5.75 Å². The predicted molar refractivity (Wildman–Crippen MR) is 133 cm³/mol. The average Bonchev–Trinajstić information content (AvgIpc) is 2.77. The van der Waals surface area contributed by atoms with E-state index in [1.807, 2.05) is 0 Å². The summed E-state index contributed by atoms with van der Waals surface area (Å²) in [5.41, 5.74) is -3.18. The van der Waals surface area contributed by atoms with Crippen LogP contribution in [-0.2, 0) is 19.6 Å². The van der Waals surface area contributed by atoms with E-state index >= 15 is 0 Å². The molecule has 0 fully saturated rings. The van der Waals surface area contributed by atoms with Crippen molar-refractivity contribution in [2.75, 3.05) is 16.2 Å². The van der Waals surface area contributed by atoms with Gasteiger partial charge >= 0.3 is 18.2 Å². The number of amides is 1. The van der Waals surface area contributed by atoms with E-state index in [2.05, 4.69) is 10.1 Å². The fourth-order valence-electron chi connectivity index (χ4n) is 3.65. The van der Waals surface area contributed by atoms with Crippen molar-refractivity contribution in [2.45, 2.75) is 63.8 Å². The van der Waals surface area contributed by atoms with Crippen LogP contribution in [0.1, 0.15) is 39.7 Å². The first-order valence-corrected chi connectivity index (χ1v) is 13.0. The lowest BCUT2D eigenvalue weighted by Gasteiger charge is -2.37. The highest BCUT2D eigenvalue weighted by Gasteiger charge is 2.51. The molecular weight excluding hydrogens is 529 g/mol. The third-order valence-corrected chi connectivity index (χ3v) is 7.89. The first-order chi connectivity index (χ1) is 17.3. The Balaban J connectivity index is 1.99. The molecule has 0 saturated heterocycles. The van der Waals surface area contributed by atoms with Crippen molar-refractivity contribution in [3.63, 3.8) is 0 Å². The predicted octanol–water partition coefficient (Wildman–Crippen LogP) is 5.34. The molecule has 2 aromatic carbocycles. The van der Waals surface area contributed by atoms with Gasteiger partial charge in [-0.3, -0.25) is 14.4 Å². The molecule has 1 aliphatic rings. The summed E-state index contributed by atoms with van der Waals surface area (Å²) in [6, 6.07) is 9.98. The summed E-state index contributed by atoms with van der Waals surface area (Å²) in [4.78, 5) is 23.8. The van der Waals surface area contributed by atoms with E-state index in [0.717, 1.165) is 9.87 Å². The molecule has 1 aliphatic heterocycles. The van der Waals surface area contributed by atoms with Gasteiger partial charge in [-0.1, -0.05) is 17.7 Å². The zero-order valence-corrected chi connectivity index (χ0v) is 22.2. The van der Waals surface area contributed by atoms with Crippen molar-refractivity contribution in [3.8, 4) is 5.75 Å². The van der Waals surface area contributed by atoms with Crippen LogP contribution in [0, 0.1) is 12.3 Å². The van der Waals surface area contributed by atoms with Crippen molar-refractivity contribution in [1.82, 2.24) is 0 Å². The van der Waals surface area contributed by atoms with Crippen molar-refractivity contribution < 1.29 is 45.8 Å². The molecule has 0 aromatic heterocycles. The highest BCUT2D eigenvalue weighted by Crippen LogP contribution is 2.41. The average molecular weight is 559 g/mol. The second-order valence-corrected chi connectivity index (χ2v) is 12.0. The number of hydrogen-bond acceptors (Lipinski definition) is 6. The highest BCUT2D eigenvalue weighted by molar-refractivity contribution is 7.92. The second kappa shape index (κ2) is 10.0. The van der Waals surface area contributed by atoms with E-state index in [1.165, 1.54) is 44.2 Å². The molecule has 1 atom stereocenters. The molecule has 0 bridgehead atoms. The number of carbonyl (C=O) groups is 2. The fourth-order valence-corrected chi connectivity index (χ4v) is 5.15. The number of carbonyl (C=O) groups excluding carboxylic acids is 1. The lowest BCUT2D eigenvalue weighted by atomic mass is 9.86. The molecule has 1 amide bonds. The van der Waals surface area contributed by atoms with Gasteiger partial charge in [0.05, 0.1) is 22.5 Å². The van der Waals surface area contributed by atoms with Gasteiger partial charge in [-0.15, -0.1) is 0 Å². The normalized spacial score (nSPS) is 16.3. The SMILES string of the molecule is Cc1ccc(S(=O)(=O)N2C[C@H](CC(C)(C)C(=O)O)Oc3ccc(NC(=O)OC(C)(C)C(F)(F)F)cc32)cc1. The molecular formula is C25H29F3N2O7S. The van der Waals surface area contributed by atoms with Gasteiger partial charge in [0.15, 0.2) is 0 Å². The number of aliphatic carboxylic acids is 1. The molecule has 3 rings (SSSR count). The van der Waals surface area contributed by atoms with E-state index in [4.69, 9.17) is 4.74 Å². The van der Waals surface area contributed by atoms with Crippen LogP contribution in [-0.4, -0.2) is 50.0 Å². The standard InChI is InChI=1S/C25H29F3N2O7S/c1-15-6-9-18(10-7-15)38(34,35)30-14-17(13-23(2,3)21(31)32)36-20-11-8-16(12-19(20)30)29-22(33)37-24(4,5)25(26,27)28/h6-12,17H,13-14H2,1-5H3,(H,29,33)(H,31,32)/t17-/m0/s1. The van der Waals surface area contributed by atoms with Crippen molar-refractivity contribution in [2.24, 2.45) is 5.41 Å². The highest BCUT2D eigenvalue weighted by atomic mass is 32.2. The number of anilines is 2. The van der Waals surface area contributed by atoms with Gasteiger partial charge in [-0.2, -0.15) is 13.2 Å². The summed E-state index contributed by atoms with van der Waals surface area (Å²) < 4.78 is 78.1. The number of carboxylic acids is 1. The summed E-state index contributed by atoms with van der Waals surface area (Å²) in [7, 11) is -4.18. The summed E-state index contributed by atoms with van der Waals surface area (Å²) in [5, 5.41) is 11.7. The molecule has 1 heterocycles. The van der Waals surface area contributed by atoms with Crippen LogP contribution in [0.15, 0.2) is 47.4 Å². The van der Waals surface area contributed by atoms with Crippen LogP contribution in [0.25, 0.3) is 0 Å². The number of sulfonamides is 1. The zero-order chi connectivity index (χ0) is 28.7. The van der Waals surface area contributed by atoms with Crippen LogP contribution < -0.4 is 14.4 Å². The number of halogens is 3. The molecule has 0 spiro atoms. The maximum absolute atomic E-state index is 13.7. The van der Waals surface area contributed by atoms with Gasteiger partial charge in [-0.25, -0.2) is 13.2 Å². The third-order valence-electron chi connectivity index (χ3n) is 6.09. The molecule has 9 nitrogen and oxygen atoms in total. The van der Waals surface area contributed by atoms with Crippen molar-refractivity contribution >= 4 is 33.5 Å². The lowest BCUT2D eigenvalue weighted by molar-refractivity contribution is -0.242. The van der Waals surface area contributed by atoms with Gasteiger partial charge in [-0.05, 0) is 65.0 Å². The van der Waals surface area contributed by atoms with E-state index in [-0.39, 0.29) is 35.0 Å². The van der Waals surface area contributed by atoms with Crippen LogP contribution in [0.2, 0.25) is 0 Å². The third kappa shape index (κ3) is 6.14. The monoisotopic (exact) mass is 558 g/mol. The number of rotatable bonds is 7. The van der Waals surface area contributed by atoms with E-state index < -0.39 is 45.4 Å². The molecule has 2 aromatic rings. The molecule has 0 aliphatic carbocycles. The maximum atomic E-state index is 13.7. The number of aryl methyl sites for hydroxylation is 1. The van der Waals surface area contributed by atoms with Gasteiger partial charge in [0, 0.05) is 12.1 Å². The smallest absolute Gasteiger partial charge is 0.427 e. The fraction of sp³-hybridized carbons (Fsp3) is 0.440. The number of carboxylic acid groups (broad SMARTS) is 1. The maximum Gasteiger partial charge on any atom is 0.427 e. The number of hydrogen-bond donors (Lipinski definition) is 2. The summed E-state index contributed by atoms with van der Waals surface area (Å²) in [6.45, 7) is 5.93. The molecule has 0 saturated carbocycles. The van der Waals surface area contributed by atoms with Crippen LogP contribution >= 0.6 is 0 Å². The number of benzene rings is 2. The Morgan fingerprint density at radius 3 is 2.26 bits per heavy atom. The number of alkyl halides is 3. The second-order valence-electron chi connectivity index (χ2n) is 10.2. The van der Waals surface area contributed by atoms with Gasteiger partial charge in [0.25, 0.3) is 10.0 Å². The number of ether oxygens (including phenoxy) is 2. The first-order valence-electron chi connectivity index (χ1n) is 11.5. The van der Waals surface area contributed by atoms with Gasteiger partial charge in [0.2, 0.25) is 5.60 Å². The number of nitrogens with zero attached hydrogens (tertiary/aromatic N) is 1. The Labute approximate surface area is 218 Å². The Hall–Kier alpha value is -3.48. The minimum absolute atomic E-state index is 0.0133. The minimum Gasteiger partial charge on any atom is -0.486 e. The van der Waals surface area contributed by atoms with Gasteiger partial charge < -0.3 is 14.6 Å². The van der Waals surface area contributed by atoms with E-state index in [0.29, 0.717) is 13.8 Å². The number of nitrogens with one attached hydrogen (secondary N) is 1. The molecule has 0 radical (unpaired) electrons. The Kier molecular flexibility index (Phi) is 7.66. The number of fused-ring (bicyclic) bond motifs is 1. The Morgan fingerprint density at radius 2 is 1.71 bits per heavy atom. The van der Waals surface area contributed by atoms with Gasteiger partial charge in [0.1, 0.15) is 11.9 Å². The van der Waals surface area contributed by atoms with Crippen molar-refractivity contribution in [3.05, 3.63) is 48.0 Å². The first kappa shape index (κ1) is 29.1. The van der Waals surface area contributed by atoms with Crippen molar-refractivity contribution in [1.29, 1.82) is 0 Å². The zero-order valence-electron chi connectivity index (χ0n) is 21.4. The van der Waals surface area contributed by atoms with Crippen LogP contribution in [0.4, 0.5) is 29.3 Å². The summed E-state index contributed by atoms with van der Waals surface area (Å²) in [6.07, 6.45) is -7.05. The molecule has 2 N–H and O–H groups in total. The quantitative estimate of drug-likeness (QED) is 0.470. The summed E-state index contributed by atoms with van der Waals surface area (Å²) in [5.74, 6) is -0.993. The Bertz CT molecular complexity index is 1320. The molecule has 13 heteroatoms. The minimum atomic E-state index is -4.81. The molecule has 0 unspecified atom stereocenters. The summed E-state index contributed by atoms with van der Waals surface area (Å²) >= 11 is 0. The Morgan fingerprint density at radius 1 is 1.11 bits per heavy atom. The lowest BCUT2D eigenvalue weighted by Crippen LogP contribution is -2.46. The van der Waals surface area contributed by atoms with Crippen LogP contribution in [0.3, 0.4) is 0 Å². The van der Waals surface area contributed by atoms with E-state index in [9.17, 15) is 36.3 Å². The largest absolute Gasteiger partial charge is 0.486 e.